The average molecular weight is 367 g/mol. The van der Waals surface area contributed by atoms with Gasteiger partial charge in [-0.1, -0.05) is 0 Å². The van der Waals surface area contributed by atoms with Crippen LogP contribution in [0.5, 0.6) is 0 Å². The van der Waals surface area contributed by atoms with Gasteiger partial charge in [-0.25, -0.2) is 0 Å². The molecule has 0 saturated heterocycles. The molecule has 0 saturated carbocycles. The molecule has 0 unspecified atom stereocenters. The van der Waals surface area contributed by atoms with Crippen LogP contribution in [0.15, 0.2) is 0 Å². The van der Waals surface area contributed by atoms with E-state index in [4.69, 9.17) is 0 Å². The van der Waals surface area contributed by atoms with E-state index in [9.17, 15) is 24.0 Å². The average Bonchev–Trinajstić information content (AvgIpc) is 2.48. The van der Waals surface area contributed by atoms with Crippen molar-refractivity contribution in [3.8, 4) is 0 Å². The molecule has 0 aliphatic carbocycles. The molecule has 0 radical (unpaired) electrons. The van der Waals surface area contributed by atoms with Gasteiger partial charge in [0.25, 0.3) is 0 Å². The lowest BCUT2D eigenvalue weighted by Crippen LogP contribution is -2.09. The summed E-state index contributed by atoms with van der Waals surface area (Å²) in [5, 5.41) is 0. The Morgan fingerprint density at radius 2 is 0.680 bits per heavy atom. The number of ether oxygens (including phenoxy) is 4. The quantitative estimate of drug-likeness (QED) is 0.283. The standard InChI is InChI=1S/2C6H10O4.C2H5NO2/c2*1-5(7)9-3-4-10-6(2)8;1-2(4)5-3/h2*3-4H2,1-2H3;3H2,1H3. The van der Waals surface area contributed by atoms with Crippen molar-refractivity contribution in [2.24, 2.45) is 5.90 Å². The smallest absolute Gasteiger partial charge is 0.321 e. The molecule has 25 heavy (non-hydrogen) atoms. The van der Waals surface area contributed by atoms with Crippen LogP contribution in [-0.2, 0) is 47.8 Å². The fourth-order valence-electron chi connectivity index (χ4n) is 0.742. The normalized spacial score (nSPS) is 8.24. The molecule has 0 heterocycles. The van der Waals surface area contributed by atoms with Gasteiger partial charge in [0, 0.05) is 34.6 Å². The van der Waals surface area contributed by atoms with Gasteiger partial charge < -0.3 is 23.8 Å². The number of nitrogens with two attached hydrogens (primary N) is 1. The second kappa shape index (κ2) is 19.4. The summed E-state index contributed by atoms with van der Waals surface area (Å²) in [6.07, 6.45) is 0. The minimum absolute atomic E-state index is 0.134. The second-order valence-corrected chi connectivity index (χ2v) is 3.97. The summed E-state index contributed by atoms with van der Waals surface area (Å²) < 4.78 is 17.9. The molecule has 0 atom stereocenters. The van der Waals surface area contributed by atoms with Crippen molar-refractivity contribution < 1.29 is 47.8 Å². The maximum Gasteiger partial charge on any atom is 0.321 e. The van der Waals surface area contributed by atoms with E-state index in [1.165, 1.54) is 34.6 Å². The first-order chi connectivity index (χ1) is 11.5. The first-order valence-electron chi connectivity index (χ1n) is 6.93. The Labute approximate surface area is 145 Å². The largest absolute Gasteiger partial charge is 0.462 e. The van der Waals surface area contributed by atoms with E-state index in [2.05, 4.69) is 29.7 Å². The van der Waals surface area contributed by atoms with Crippen molar-refractivity contribution in [3.05, 3.63) is 0 Å². The highest BCUT2D eigenvalue weighted by atomic mass is 16.7. The molecule has 0 rings (SSSR count). The van der Waals surface area contributed by atoms with Crippen LogP contribution < -0.4 is 5.90 Å². The van der Waals surface area contributed by atoms with Gasteiger partial charge in [0.05, 0.1) is 0 Å². The molecule has 0 aliphatic rings. The maximum atomic E-state index is 10.1. The third kappa shape index (κ3) is 44.9. The molecule has 0 aromatic carbocycles. The highest BCUT2D eigenvalue weighted by Crippen LogP contribution is 1.80. The van der Waals surface area contributed by atoms with Crippen LogP contribution in [0.25, 0.3) is 0 Å². The van der Waals surface area contributed by atoms with Gasteiger partial charge >= 0.3 is 29.8 Å². The Morgan fingerprint density at radius 3 is 0.760 bits per heavy atom. The Hall–Kier alpha value is -2.69. The van der Waals surface area contributed by atoms with Gasteiger partial charge in [0.2, 0.25) is 0 Å². The van der Waals surface area contributed by atoms with Crippen LogP contribution in [0.2, 0.25) is 0 Å². The summed E-state index contributed by atoms with van der Waals surface area (Å²) in [5.41, 5.74) is 0. The summed E-state index contributed by atoms with van der Waals surface area (Å²) >= 11 is 0. The van der Waals surface area contributed by atoms with E-state index in [0.717, 1.165) is 0 Å². The van der Waals surface area contributed by atoms with E-state index >= 15 is 0 Å². The molecule has 0 aromatic heterocycles. The van der Waals surface area contributed by atoms with Crippen LogP contribution in [0.1, 0.15) is 34.6 Å². The molecule has 11 heteroatoms. The molecule has 0 fully saturated rings. The third-order valence-corrected chi connectivity index (χ3v) is 1.55. The number of hydrogen-bond acceptors (Lipinski definition) is 11. The summed E-state index contributed by atoms with van der Waals surface area (Å²) in [6, 6.07) is 0. The summed E-state index contributed by atoms with van der Waals surface area (Å²) in [5.74, 6) is 2.38. The lowest BCUT2D eigenvalue weighted by atomic mass is 10.7. The Bertz CT molecular complexity index is 358. The first kappa shape index (κ1) is 27.2. The maximum absolute atomic E-state index is 10.1. The Morgan fingerprint density at radius 1 is 0.520 bits per heavy atom. The fourth-order valence-corrected chi connectivity index (χ4v) is 0.742. The third-order valence-electron chi connectivity index (χ3n) is 1.55. The van der Waals surface area contributed by atoms with E-state index in [1.807, 2.05) is 0 Å². The zero-order valence-electron chi connectivity index (χ0n) is 15.0. The summed E-state index contributed by atoms with van der Waals surface area (Å²) in [6.45, 7) is 6.97. The van der Waals surface area contributed by atoms with Crippen LogP contribution in [0.3, 0.4) is 0 Å². The van der Waals surface area contributed by atoms with Crippen LogP contribution in [0, 0.1) is 0 Å². The molecule has 0 amide bonds. The number of hydrogen-bond donors (Lipinski definition) is 1. The van der Waals surface area contributed by atoms with Gasteiger partial charge in [-0.2, -0.15) is 5.90 Å². The van der Waals surface area contributed by atoms with Crippen LogP contribution >= 0.6 is 0 Å². The number of carbonyl (C=O) groups excluding carboxylic acids is 5. The van der Waals surface area contributed by atoms with Crippen molar-refractivity contribution in [2.75, 3.05) is 26.4 Å². The molecule has 0 bridgehead atoms. The van der Waals surface area contributed by atoms with Crippen molar-refractivity contribution in [3.63, 3.8) is 0 Å². The van der Waals surface area contributed by atoms with Crippen molar-refractivity contribution in [1.82, 2.24) is 0 Å². The van der Waals surface area contributed by atoms with Gasteiger partial charge in [-0.3, -0.25) is 24.0 Å². The van der Waals surface area contributed by atoms with E-state index in [0.29, 0.717) is 0 Å². The highest BCUT2D eigenvalue weighted by molar-refractivity contribution is 5.67. The number of rotatable bonds is 6. The van der Waals surface area contributed by atoms with Crippen LogP contribution in [-0.4, -0.2) is 56.3 Å². The van der Waals surface area contributed by atoms with E-state index in [1.54, 1.807) is 0 Å². The lowest BCUT2D eigenvalue weighted by molar-refractivity contribution is -0.149. The highest BCUT2D eigenvalue weighted by Gasteiger charge is 1.94. The minimum Gasteiger partial charge on any atom is -0.462 e. The fraction of sp³-hybridized carbons (Fsp3) is 0.643. The molecule has 146 valence electrons. The van der Waals surface area contributed by atoms with Gasteiger partial charge in [-0.05, 0) is 0 Å². The molecule has 0 spiro atoms. The first-order valence-corrected chi connectivity index (χ1v) is 6.93. The molecule has 2 N–H and O–H groups in total. The molecular weight excluding hydrogens is 342 g/mol. The topological polar surface area (TPSA) is 158 Å². The van der Waals surface area contributed by atoms with Gasteiger partial charge in [-0.15, -0.1) is 0 Å². The lowest BCUT2D eigenvalue weighted by Gasteiger charge is -2.00. The number of carbonyl (C=O) groups is 5. The van der Waals surface area contributed by atoms with E-state index < -0.39 is 5.97 Å². The monoisotopic (exact) mass is 367 g/mol. The van der Waals surface area contributed by atoms with Gasteiger partial charge in [0.1, 0.15) is 26.4 Å². The number of esters is 4. The SMILES string of the molecule is CC(=O)OCCOC(C)=O.CC(=O)OCCOC(C)=O.CC(=O)ON. The van der Waals surface area contributed by atoms with Gasteiger partial charge in [0.15, 0.2) is 0 Å². The molecule has 0 aromatic rings. The predicted molar refractivity (Wildman–Crippen MR) is 82.5 cm³/mol. The van der Waals surface area contributed by atoms with E-state index in [-0.39, 0.29) is 50.3 Å². The van der Waals surface area contributed by atoms with Crippen molar-refractivity contribution in [1.29, 1.82) is 0 Å². The molecule has 11 nitrogen and oxygen atoms in total. The summed E-state index contributed by atoms with van der Waals surface area (Å²) in [4.78, 5) is 53.6. The molecular formula is C14H25NO10. The van der Waals surface area contributed by atoms with Crippen LogP contribution in [0.4, 0.5) is 0 Å². The zero-order chi connectivity index (χ0) is 20.3. The predicted octanol–water partition coefficient (Wildman–Crippen LogP) is -0.352. The Balaban J connectivity index is -0.000000308. The summed E-state index contributed by atoms with van der Waals surface area (Å²) in [7, 11) is 0. The minimum atomic E-state index is -0.468. The van der Waals surface area contributed by atoms with Crippen molar-refractivity contribution in [2.45, 2.75) is 34.6 Å². The molecule has 0 aliphatic heterocycles. The Kier molecular flexibility index (Phi) is 21.0. The zero-order valence-corrected chi connectivity index (χ0v) is 15.0. The second-order valence-electron chi connectivity index (χ2n) is 3.97. The van der Waals surface area contributed by atoms with Crippen molar-refractivity contribution >= 4 is 29.8 Å².